The number of carbonyl (C=O) groups is 1. The molecule has 0 unspecified atom stereocenters. The largest absolute Gasteiger partial charge is 0.303 e. The van der Waals surface area contributed by atoms with Gasteiger partial charge in [-0.25, -0.2) is 0 Å². The van der Waals surface area contributed by atoms with Crippen molar-refractivity contribution in [3.05, 3.63) is 0 Å². The highest BCUT2D eigenvalue weighted by atomic mass is 32.2. The number of piperidine rings is 1. The second-order valence-electron chi connectivity index (χ2n) is 4.23. The van der Waals surface area contributed by atoms with Crippen molar-refractivity contribution in [3.63, 3.8) is 0 Å². The Morgan fingerprint density at radius 2 is 2.00 bits per heavy atom. The molecule has 1 fully saturated rings. The van der Waals surface area contributed by atoms with Crippen LogP contribution >= 0.6 is 11.8 Å². The van der Waals surface area contributed by atoms with Crippen LogP contribution in [0.3, 0.4) is 0 Å². The van der Waals surface area contributed by atoms with Crippen LogP contribution in [0.4, 0.5) is 0 Å². The van der Waals surface area contributed by atoms with Gasteiger partial charge in [-0.05, 0) is 32.4 Å². The molecule has 0 bridgehead atoms. The number of unbranched alkanes of at least 4 members (excludes halogenated alkanes) is 1. The van der Waals surface area contributed by atoms with Gasteiger partial charge in [-0.3, -0.25) is 4.79 Å². The highest BCUT2D eigenvalue weighted by Gasteiger charge is 2.10. The van der Waals surface area contributed by atoms with Gasteiger partial charge in [0.2, 0.25) is 0 Å². The van der Waals surface area contributed by atoms with Crippen molar-refractivity contribution in [2.75, 3.05) is 25.4 Å². The summed E-state index contributed by atoms with van der Waals surface area (Å²) in [5, 5.41) is 0.383. The first-order chi connectivity index (χ1) is 7.33. The molecular weight excluding hydrogens is 206 g/mol. The number of carbonyl (C=O) groups excluding carboxylic acids is 1. The fourth-order valence-electron chi connectivity index (χ4n) is 1.86. The minimum atomic E-state index is 0.383. The van der Waals surface area contributed by atoms with E-state index < -0.39 is 0 Å². The molecule has 0 saturated carbocycles. The van der Waals surface area contributed by atoms with Gasteiger partial charge >= 0.3 is 0 Å². The lowest BCUT2D eigenvalue weighted by atomic mass is 10.1. The van der Waals surface area contributed by atoms with Crippen LogP contribution in [0, 0.1) is 0 Å². The van der Waals surface area contributed by atoms with Gasteiger partial charge < -0.3 is 4.90 Å². The van der Waals surface area contributed by atoms with Gasteiger partial charge in [-0.15, -0.1) is 0 Å². The van der Waals surface area contributed by atoms with E-state index in [-0.39, 0.29) is 0 Å². The van der Waals surface area contributed by atoms with Crippen molar-refractivity contribution in [3.8, 4) is 0 Å². The minimum Gasteiger partial charge on any atom is -0.303 e. The average Bonchev–Trinajstić information content (AvgIpc) is 2.28. The predicted octanol–water partition coefficient (Wildman–Crippen LogP) is 2.92. The van der Waals surface area contributed by atoms with E-state index >= 15 is 0 Å². The lowest BCUT2D eigenvalue weighted by molar-refractivity contribution is -0.111. The maximum atomic E-state index is 11.4. The Hall–Kier alpha value is -0.0200. The Labute approximate surface area is 97.8 Å². The van der Waals surface area contributed by atoms with Crippen LogP contribution in [-0.4, -0.2) is 35.4 Å². The second-order valence-corrected chi connectivity index (χ2v) is 5.38. The fourth-order valence-corrected chi connectivity index (χ4v) is 2.73. The maximum Gasteiger partial charge on any atom is 0.188 e. The molecule has 3 heteroatoms. The Bertz CT molecular complexity index is 178. The smallest absolute Gasteiger partial charge is 0.188 e. The summed E-state index contributed by atoms with van der Waals surface area (Å²) in [6, 6.07) is 0. The number of hydrogen-bond acceptors (Lipinski definition) is 3. The van der Waals surface area contributed by atoms with Crippen LogP contribution in [0.5, 0.6) is 0 Å². The van der Waals surface area contributed by atoms with E-state index in [0.29, 0.717) is 5.12 Å². The minimum absolute atomic E-state index is 0.383. The van der Waals surface area contributed by atoms with E-state index in [4.69, 9.17) is 0 Å². The van der Waals surface area contributed by atoms with E-state index in [1.165, 1.54) is 44.1 Å². The number of likely N-dealkylation sites (tertiary alicyclic amines) is 1. The molecule has 0 aromatic heterocycles. The molecule has 15 heavy (non-hydrogen) atoms. The van der Waals surface area contributed by atoms with Crippen molar-refractivity contribution < 1.29 is 4.79 Å². The van der Waals surface area contributed by atoms with Crippen LogP contribution in [0.15, 0.2) is 0 Å². The van der Waals surface area contributed by atoms with E-state index in [0.717, 1.165) is 31.6 Å². The molecule has 0 aromatic carbocycles. The molecule has 1 aliphatic heterocycles. The zero-order valence-corrected chi connectivity index (χ0v) is 10.7. The van der Waals surface area contributed by atoms with Crippen molar-refractivity contribution in [2.24, 2.45) is 0 Å². The second kappa shape index (κ2) is 8.17. The summed E-state index contributed by atoms with van der Waals surface area (Å²) in [5.41, 5.74) is 0. The summed E-state index contributed by atoms with van der Waals surface area (Å²) in [6.45, 7) is 5.71. The molecule has 0 radical (unpaired) electrons. The van der Waals surface area contributed by atoms with Crippen LogP contribution in [0.25, 0.3) is 0 Å². The van der Waals surface area contributed by atoms with Gasteiger partial charge in [0.25, 0.3) is 0 Å². The maximum absolute atomic E-state index is 11.4. The molecule has 88 valence electrons. The molecule has 0 aromatic rings. The lowest BCUT2D eigenvalue weighted by Crippen LogP contribution is -2.31. The van der Waals surface area contributed by atoms with Crippen molar-refractivity contribution in [2.45, 2.75) is 45.4 Å². The molecule has 1 saturated heterocycles. The molecule has 0 amide bonds. The van der Waals surface area contributed by atoms with Gasteiger partial charge in [0.05, 0.1) is 0 Å². The molecule has 0 aliphatic carbocycles. The topological polar surface area (TPSA) is 20.3 Å². The van der Waals surface area contributed by atoms with Gasteiger partial charge in [-0.2, -0.15) is 0 Å². The molecule has 2 nitrogen and oxygen atoms in total. The van der Waals surface area contributed by atoms with Crippen molar-refractivity contribution in [1.82, 2.24) is 4.90 Å². The van der Waals surface area contributed by atoms with E-state index in [1.54, 1.807) is 0 Å². The zero-order valence-electron chi connectivity index (χ0n) is 9.83. The van der Waals surface area contributed by atoms with Gasteiger partial charge in [0.1, 0.15) is 0 Å². The Morgan fingerprint density at radius 3 is 2.67 bits per heavy atom. The average molecular weight is 229 g/mol. The van der Waals surface area contributed by atoms with E-state index in [1.807, 2.05) is 0 Å². The van der Waals surface area contributed by atoms with Gasteiger partial charge in [0.15, 0.2) is 5.12 Å². The highest BCUT2D eigenvalue weighted by Crippen LogP contribution is 2.12. The normalized spacial score (nSPS) is 17.9. The highest BCUT2D eigenvalue weighted by molar-refractivity contribution is 8.13. The third-order valence-corrected chi connectivity index (χ3v) is 3.77. The molecule has 1 heterocycles. The SMILES string of the molecule is CCCCC(=O)SCCN1CCCCC1. The number of hydrogen-bond donors (Lipinski definition) is 0. The summed E-state index contributed by atoms with van der Waals surface area (Å²) in [6.07, 6.45) is 7.01. The Morgan fingerprint density at radius 1 is 1.27 bits per heavy atom. The number of thioether (sulfide) groups is 1. The molecule has 1 rings (SSSR count). The summed E-state index contributed by atoms with van der Waals surface area (Å²) < 4.78 is 0. The molecular formula is C12H23NOS. The van der Waals surface area contributed by atoms with Crippen molar-refractivity contribution in [1.29, 1.82) is 0 Å². The third-order valence-electron chi connectivity index (χ3n) is 2.85. The first-order valence-corrected chi connectivity index (χ1v) is 7.19. The zero-order chi connectivity index (χ0) is 10.9. The number of nitrogens with zero attached hydrogens (tertiary/aromatic N) is 1. The van der Waals surface area contributed by atoms with Crippen molar-refractivity contribution >= 4 is 16.9 Å². The summed E-state index contributed by atoms with van der Waals surface area (Å²) in [4.78, 5) is 13.9. The van der Waals surface area contributed by atoms with Crippen LogP contribution in [-0.2, 0) is 4.79 Å². The Balaban J connectivity index is 1.97. The number of rotatable bonds is 6. The fraction of sp³-hybridized carbons (Fsp3) is 0.917. The third kappa shape index (κ3) is 6.21. The Kier molecular flexibility index (Phi) is 7.11. The van der Waals surface area contributed by atoms with E-state index in [2.05, 4.69) is 11.8 Å². The monoisotopic (exact) mass is 229 g/mol. The molecule has 0 N–H and O–H groups in total. The van der Waals surface area contributed by atoms with Crippen LogP contribution < -0.4 is 0 Å². The standard InChI is InChI=1S/C12H23NOS/c1-2-3-7-12(14)15-11-10-13-8-5-4-6-9-13/h2-11H2,1H3. The first-order valence-electron chi connectivity index (χ1n) is 6.21. The van der Waals surface area contributed by atoms with Crippen LogP contribution in [0.1, 0.15) is 45.4 Å². The van der Waals surface area contributed by atoms with Crippen LogP contribution in [0.2, 0.25) is 0 Å². The lowest BCUT2D eigenvalue weighted by Gasteiger charge is -2.25. The summed E-state index contributed by atoms with van der Waals surface area (Å²) >= 11 is 1.53. The molecule has 0 spiro atoms. The predicted molar refractivity (Wildman–Crippen MR) is 67.3 cm³/mol. The van der Waals surface area contributed by atoms with Gasteiger partial charge in [0, 0.05) is 18.7 Å². The molecule has 0 atom stereocenters. The summed E-state index contributed by atoms with van der Waals surface area (Å²) in [5.74, 6) is 0.989. The quantitative estimate of drug-likeness (QED) is 0.698. The van der Waals surface area contributed by atoms with Gasteiger partial charge in [-0.1, -0.05) is 31.5 Å². The summed E-state index contributed by atoms with van der Waals surface area (Å²) in [7, 11) is 0. The van der Waals surface area contributed by atoms with E-state index in [9.17, 15) is 4.79 Å². The molecule has 1 aliphatic rings. The first kappa shape index (κ1) is 13.0.